The van der Waals surface area contributed by atoms with Crippen molar-refractivity contribution in [3.8, 4) is 0 Å². The molecule has 0 unspecified atom stereocenters. The van der Waals surface area contributed by atoms with Crippen LogP contribution in [0, 0.1) is 6.92 Å². The summed E-state index contributed by atoms with van der Waals surface area (Å²) in [5.74, 6) is 0. The largest absolute Gasteiger partial charge is 0.466 e. The zero-order valence-corrected chi connectivity index (χ0v) is 13.4. The van der Waals surface area contributed by atoms with Gasteiger partial charge in [-0.1, -0.05) is 45.4 Å². The van der Waals surface area contributed by atoms with Crippen LogP contribution in [0.1, 0.15) is 51.9 Å². The quantitative estimate of drug-likeness (QED) is 0.304. The molecule has 0 aromatic heterocycles. The van der Waals surface area contributed by atoms with Crippen molar-refractivity contribution in [3.05, 3.63) is 6.92 Å². The van der Waals surface area contributed by atoms with Crippen LogP contribution in [0.15, 0.2) is 0 Å². The van der Waals surface area contributed by atoms with Crippen molar-refractivity contribution in [3.63, 3.8) is 0 Å². The first-order chi connectivity index (χ1) is 6.41. The average Bonchev–Trinajstić information content (AvgIpc) is 2.01. The molecule has 0 aromatic carbocycles. The second kappa shape index (κ2) is 14.7. The van der Waals surface area contributed by atoms with E-state index in [1.165, 1.54) is 38.5 Å². The molecule has 0 radical (unpaired) electrons. The van der Waals surface area contributed by atoms with E-state index in [0.29, 0.717) is 0 Å². The van der Waals surface area contributed by atoms with Gasteiger partial charge in [-0.25, -0.2) is 4.57 Å². The Morgan fingerprint density at radius 3 is 1.67 bits per heavy atom. The molecule has 0 rings (SSSR count). The standard InChI is InChI=1S/C9H19.H3O4P.Zn/c1-3-5-7-9-8-6-4-2;1-5(2,3)4;/h1,3-9H2,2H3;(H3,1,2,3,4);/q-1;;. The maximum Gasteiger partial charge on any atom is 0.466 e. The summed E-state index contributed by atoms with van der Waals surface area (Å²) in [6.07, 6.45) is 9.45. The first kappa shape index (κ1) is 21.1. The van der Waals surface area contributed by atoms with Crippen LogP contribution in [-0.4, -0.2) is 14.7 Å². The molecule has 0 atom stereocenters. The molecule has 0 aliphatic rings. The molecular formula is C9H22O4PZn-. The van der Waals surface area contributed by atoms with Crippen molar-refractivity contribution < 1.29 is 38.7 Å². The zero-order valence-electron chi connectivity index (χ0n) is 9.56. The van der Waals surface area contributed by atoms with E-state index in [0.717, 1.165) is 6.42 Å². The summed E-state index contributed by atoms with van der Waals surface area (Å²) in [5, 5.41) is 0. The van der Waals surface area contributed by atoms with Crippen LogP contribution in [0.4, 0.5) is 0 Å². The molecule has 0 aliphatic carbocycles. The van der Waals surface area contributed by atoms with E-state index >= 15 is 0 Å². The summed E-state index contributed by atoms with van der Waals surface area (Å²) >= 11 is 0. The molecule has 3 N–H and O–H groups in total. The van der Waals surface area contributed by atoms with Crippen molar-refractivity contribution in [2.24, 2.45) is 0 Å². The smallest absolute Gasteiger partial charge is 0.343 e. The summed E-state index contributed by atoms with van der Waals surface area (Å²) in [5.41, 5.74) is 0. The van der Waals surface area contributed by atoms with Crippen molar-refractivity contribution >= 4 is 7.82 Å². The molecule has 0 heterocycles. The molecule has 0 saturated heterocycles. The van der Waals surface area contributed by atoms with Gasteiger partial charge in [0.2, 0.25) is 0 Å². The first-order valence-corrected chi connectivity index (χ1v) is 6.55. The van der Waals surface area contributed by atoms with Crippen molar-refractivity contribution in [1.29, 1.82) is 0 Å². The number of hydrogen-bond donors (Lipinski definition) is 3. The van der Waals surface area contributed by atoms with Crippen LogP contribution in [0.2, 0.25) is 0 Å². The first-order valence-electron chi connectivity index (χ1n) is 4.99. The van der Waals surface area contributed by atoms with E-state index in [1.807, 2.05) is 0 Å². The van der Waals surface area contributed by atoms with Gasteiger partial charge in [0.05, 0.1) is 0 Å². The van der Waals surface area contributed by atoms with Gasteiger partial charge in [-0.05, 0) is 0 Å². The summed E-state index contributed by atoms with van der Waals surface area (Å²) in [6.45, 7) is 6.05. The Hall–Kier alpha value is 0.733. The number of unbranched alkanes of at least 4 members (excludes halogenated alkanes) is 6. The minimum atomic E-state index is -4.64. The molecule has 6 heteroatoms. The summed E-state index contributed by atoms with van der Waals surface area (Å²) in [4.78, 5) is 21.6. The topological polar surface area (TPSA) is 77.8 Å². The van der Waals surface area contributed by atoms with Crippen LogP contribution in [0.25, 0.3) is 0 Å². The Morgan fingerprint density at radius 2 is 1.33 bits per heavy atom. The Kier molecular flexibility index (Phi) is 20.7. The van der Waals surface area contributed by atoms with Crippen LogP contribution in [-0.2, 0) is 24.0 Å². The second-order valence-electron chi connectivity index (χ2n) is 3.13. The van der Waals surface area contributed by atoms with Gasteiger partial charge >= 0.3 is 7.82 Å². The maximum atomic E-state index is 8.88. The van der Waals surface area contributed by atoms with Crippen molar-refractivity contribution in [2.75, 3.05) is 0 Å². The van der Waals surface area contributed by atoms with Gasteiger partial charge in [0.25, 0.3) is 0 Å². The van der Waals surface area contributed by atoms with E-state index < -0.39 is 7.82 Å². The van der Waals surface area contributed by atoms with Crippen LogP contribution < -0.4 is 0 Å². The minimum absolute atomic E-state index is 0. The molecule has 0 aromatic rings. The van der Waals surface area contributed by atoms with E-state index in [4.69, 9.17) is 19.2 Å². The summed E-state index contributed by atoms with van der Waals surface area (Å²) in [6, 6.07) is 0. The van der Waals surface area contributed by atoms with Gasteiger partial charge in [-0.3, -0.25) is 0 Å². The monoisotopic (exact) mass is 289 g/mol. The number of rotatable bonds is 6. The molecular weight excluding hydrogens is 268 g/mol. The normalized spacial score (nSPS) is 9.93. The molecule has 90 valence electrons. The summed E-state index contributed by atoms with van der Waals surface area (Å²) in [7, 11) is -4.64. The molecule has 0 spiro atoms. The molecule has 4 nitrogen and oxygen atoms in total. The Bertz CT molecular complexity index is 135. The van der Waals surface area contributed by atoms with E-state index in [-0.39, 0.29) is 19.5 Å². The number of phosphoric acid groups is 1. The summed E-state index contributed by atoms with van der Waals surface area (Å²) < 4.78 is 8.88. The van der Waals surface area contributed by atoms with Gasteiger partial charge < -0.3 is 21.6 Å². The third kappa shape index (κ3) is 52.7. The van der Waals surface area contributed by atoms with Crippen molar-refractivity contribution in [1.82, 2.24) is 0 Å². The molecule has 15 heavy (non-hydrogen) atoms. The van der Waals surface area contributed by atoms with Gasteiger partial charge in [-0.15, -0.1) is 0 Å². The zero-order chi connectivity index (χ0) is 11.4. The fourth-order valence-corrected chi connectivity index (χ4v) is 0.957. The van der Waals surface area contributed by atoms with E-state index in [2.05, 4.69) is 13.8 Å². The molecule has 0 bridgehead atoms. The van der Waals surface area contributed by atoms with Crippen LogP contribution in [0.3, 0.4) is 0 Å². The molecule has 0 saturated carbocycles. The van der Waals surface area contributed by atoms with Crippen LogP contribution in [0.5, 0.6) is 0 Å². The SMILES string of the molecule is O=P(O)(O)O.[CH2-]CCCCCCCC.[Zn]. The minimum Gasteiger partial charge on any atom is -0.343 e. The van der Waals surface area contributed by atoms with Gasteiger partial charge in [0.15, 0.2) is 0 Å². The Balaban J connectivity index is -0.000000208. The third-order valence-corrected chi connectivity index (χ3v) is 1.60. The number of hydrogen-bond acceptors (Lipinski definition) is 1. The third-order valence-electron chi connectivity index (χ3n) is 1.60. The molecule has 0 aliphatic heterocycles. The average molecular weight is 291 g/mol. The maximum absolute atomic E-state index is 8.88. The molecule has 0 fully saturated rings. The predicted molar refractivity (Wildman–Crippen MR) is 57.6 cm³/mol. The second-order valence-corrected chi connectivity index (χ2v) is 4.16. The van der Waals surface area contributed by atoms with Crippen LogP contribution >= 0.6 is 7.82 Å². The fraction of sp³-hybridized carbons (Fsp3) is 0.889. The molecule has 0 amide bonds. The van der Waals surface area contributed by atoms with Crippen molar-refractivity contribution in [2.45, 2.75) is 51.9 Å². The predicted octanol–water partition coefficient (Wildman–Crippen LogP) is 2.64. The Labute approximate surface area is 105 Å². The van der Waals surface area contributed by atoms with Gasteiger partial charge in [0, 0.05) is 19.5 Å². The van der Waals surface area contributed by atoms with E-state index in [9.17, 15) is 0 Å². The van der Waals surface area contributed by atoms with E-state index in [1.54, 1.807) is 0 Å². The fourth-order valence-electron chi connectivity index (χ4n) is 0.957. The van der Waals surface area contributed by atoms with Gasteiger partial charge in [0.1, 0.15) is 0 Å². The Morgan fingerprint density at radius 1 is 1.00 bits per heavy atom. The van der Waals surface area contributed by atoms with Gasteiger partial charge in [-0.2, -0.15) is 6.42 Å².